The van der Waals surface area contributed by atoms with Crippen molar-refractivity contribution in [2.75, 3.05) is 0 Å². The molecule has 0 aromatic heterocycles. The van der Waals surface area contributed by atoms with Gasteiger partial charge in [0.1, 0.15) is 0 Å². The van der Waals surface area contributed by atoms with E-state index in [0.29, 0.717) is 3.34 Å². The molecule has 4 heteroatoms. The maximum atomic E-state index is 2.68. The molecule has 2 aliphatic carbocycles. The number of hydrogen-bond donors (Lipinski definition) is 0. The third-order valence-corrected chi connectivity index (χ3v) is 16.4. The average molecular weight is 383 g/mol. The van der Waals surface area contributed by atoms with Gasteiger partial charge in [-0.05, 0) is 0 Å². The molecule has 22 heavy (non-hydrogen) atoms. The third kappa shape index (κ3) is 2.65. The van der Waals surface area contributed by atoms with Crippen LogP contribution in [0.2, 0.25) is 18.6 Å². The summed E-state index contributed by atoms with van der Waals surface area (Å²) in [5, 5.41) is 0. The first-order valence-corrected chi connectivity index (χ1v) is 12.1. The second-order valence-corrected chi connectivity index (χ2v) is 14.9. The molecule has 0 nitrogen and oxygen atoms in total. The van der Waals surface area contributed by atoms with E-state index in [1.807, 2.05) is 0 Å². The van der Waals surface area contributed by atoms with E-state index in [0.717, 1.165) is 0 Å². The molecule has 1 fully saturated rings. The van der Waals surface area contributed by atoms with Gasteiger partial charge in [0, 0.05) is 0 Å². The van der Waals surface area contributed by atoms with E-state index in [1.54, 1.807) is 9.44 Å². The van der Waals surface area contributed by atoms with Crippen molar-refractivity contribution in [3.05, 3.63) is 63.6 Å². The van der Waals surface area contributed by atoms with Crippen molar-refractivity contribution in [3.8, 4) is 0 Å². The zero-order chi connectivity index (χ0) is 13.6. The van der Waals surface area contributed by atoms with Crippen molar-refractivity contribution in [2.45, 2.75) is 34.8 Å². The van der Waals surface area contributed by atoms with Crippen molar-refractivity contribution in [1.82, 2.24) is 0 Å². The first-order chi connectivity index (χ1) is 9.74. The minimum Gasteiger partial charge on any atom is -1.00 e. The van der Waals surface area contributed by atoms with Crippen LogP contribution in [0.1, 0.15) is 24.0 Å². The first-order valence-electron chi connectivity index (χ1n) is 7.66. The van der Waals surface area contributed by atoms with Crippen molar-refractivity contribution in [3.63, 3.8) is 0 Å². The van der Waals surface area contributed by atoms with Crippen LogP contribution in [0.25, 0.3) is 6.08 Å². The molecule has 3 aliphatic rings. The Hall–Kier alpha value is -0.0488. The van der Waals surface area contributed by atoms with Crippen LogP contribution in [-0.4, -0.2) is 8.07 Å². The number of rotatable bonds is 3. The molecule has 0 radical (unpaired) electrons. The van der Waals surface area contributed by atoms with Crippen LogP contribution in [0.5, 0.6) is 0 Å². The van der Waals surface area contributed by atoms with Gasteiger partial charge in [-0.2, -0.15) is 0 Å². The van der Waals surface area contributed by atoms with Gasteiger partial charge in [0.25, 0.3) is 0 Å². The SMILES string of the molecule is C[Si]1([C]2([Ti+2][C]3=CC=CC3)C=Cc3ccccc32)CCC1.[Cl-].[Cl-]. The van der Waals surface area contributed by atoms with E-state index in [1.165, 1.54) is 30.5 Å². The Bertz CT molecular complexity index is 646. The topological polar surface area (TPSA) is 0 Å². The van der Waals surface area contributed by atoms with Gasteiger partial charge in [0.05, 0.1) is 0 Å². The van der Waals surface area contributed by atoms with Crippen LogP contribution in [-0.2, 0) is 22.5 Å². The molecule has 0 bridgehead atoms. The van der Waals surface area contributed by atoms with E-state index in [9.17, 15) is 0 Å². The Morgan fingerprint density at radius 1 is 1.14 bits per heavy atom. The monoisotopic (exact) mass is 382 g/mol. The van der Waals surface area contributed by atoms with Crippen molar-refractivity contribution >= 4 is 14.1 Å². The Kier molecular flexibility index (Phi) is 5.68. The fourth-order valence-electron chi connectivity index (χ4n) is 3.99. The second-order valence-electron chi connectivity index (χ2n) is 6.59. The van der Waals surface area contributed by atoms with Crippen LogP contribution >= 0.6 is 0 Å². The van der Waals surface area contributed by atoms with Gasteiger partial charge >= 0.3 is 132 Å². The molecule has 1 aromatic rings. The molecule has 1 aromatic carbocycles. The van der Waals surface area contributed by atoms with Crippen LogP contribution in [0.15, 0.2) is 52.4 Å². The fourth-order valence-corrected chi connectivity index (χ4v) is 13.3. The summed E-state index contributed by atoms with van der Waals surface area (Å²) in [5.74, 6) is 0. The largest absolute Gasteiger partial charge is 1.00 e. The van der Waals surface area contributed by atoms with Gasteiger partial charge in [-0.25, -0.2) is 0 Å². The summed E-state index contributed by atoms with van der Waals surface area (Å²) in [4.78, 5) is 0. The molecule has 1 atom stereocenters. The average Bonchev–Trinajstić information content (AvgIpc) is 3.06. The molecule has 0 spiro atoms. The third-order valence-electron chi connectivity index (χ3n) is 5.44. The molecule has 0 amide bonds. The molecule has 1 heterocycles. The number of benzene rings is 1. The number of allylic oxidation sites excluding steroid dienone is 5. The maximum Gasteiger partial charge on any atom is -1.00 e. The predicted octanol–water partition coefficient (Wildman–Crippen LogP) is -1.14. The minimum atomic E-state index is -1.13. The zero-order valence-electron chi connectivity index (χ0n) is 12.8. The summed E-state index contributed by atoms with van der Waals surface area (Å²) >= 11 is -0.0915. The van der Waals surface area contributed by atoms with E-state index >= 15 is 0 Å². The number of hydrogen-bond acceptors (Lipinski definition) is 0. The van der Waals surface area contributed by atoms with Crippen LogP contribution in [0.3, 0.4) is 0 Å². The Labute approximate surface area is 155 Å². The molecule has 4 rings (SSSR count). The van der Waals surface area contributed by atoms with Crippen LogP contribution in [0, 0.1) is 0 Å². The van der Waals surface area contributed by atoms with E-state index < -0.39 is 8.07 Å². The van der Waals surface area contributed by atoms with Gasteiger partial charge in [-0.3, -0.25) is 0 Å². The van der Waals surface area contributed by atoms with Crippen molar-refractivity contribution in [1.29, 1.82) is 0 Å². The van der Waals surface area contributed by atoms with E-state index in [2.05, 4.69) is 61.2 Å². The summed E-state index contributed by atoms with van der Waals surface area (Å²) in [6.07, 6.45) is 14.8. The normalized spacial score (nSPS) is 26.1. The maximum absolute atomic E-state index is 2.68. The second kappa shape index (κ2) is 6.83. The Morgan fingerprint density at radius 2 is 1.91 bits per heavy atom. The zero-order valence-corrected chi connectivity index (χ0v) is 16.9. The number of halogens is 2. The minimum absolute atomic E-state index is 0. The summed E-state index contributed by atoms with van der Waals surface area (Å²) in [6, 6.07) is 12.3. The number of fused-ring (bicyclic) bond motifs is 1. The van der Waals surface area contributed by atoms with Crippen LogP contribution < -0.4 is 24.8 Å². The van der Waals surface area contributed by atoms with Crippen molar-refractivity contribution < 1.29 is 44.0 Å². The van der Waals surface area contributed by atoms with E-state index in [4.69, 9.17) is 0 Å². The van der Waals surface area contributed by atoms with Gasteiger partial charge in [0.2, 0.25) is 0 Å². The predicted molar refractivity (Wildman–Crippen MR) is 84.8 cm³/mol. The molecule has 0 saturated carbocycles. The molecule has 114 valence electrons. The molecule has 1 saturated heterocycles. The Balaban J connectivity index is 0.000000882. The quantitative estimate of drug-likeness (QED) is 0.580. The van der Waals surface area contributed by atoms with Crippen LogP contribution in [0.4, 0.5) is 0 Å². The molecule has 0 N–H and O–H groups in total. The first kappa shape index (κ1) is 18.3. The van der Waals surface area contributed by atoms with Gasteiger partial charge in [0.15, 0.2) is 0 Å². The van der Waals surface area contributed by atoms with Gasteiger partial charge < -0.3 is 24.8 Å². The summed E-state index contributed by atoms with van der Waals surface area (Å²) in [6.45, 7) is 2.68. The van der Waals surface area contributed by atoms with Gasteiger partial charge in [-0.1, -0.05) is 0 Å². The summed E-state index contributed by atoms with van der Waals surface area (Å²) < 4.78 is 2.26. The summed E-state index contributed by atoms with van der Waals surface area (Å²) in [7, 11) is -1.13. The van der Waals surface area contributed by atoms with Gasteiger partial charge in [-0.15, -0.1) is 0 Å². The molecular formula is C18H20Cl2SiTi. The fraction of sp³-hybridized carbons (Fsp3) is 0.333. The molecular weight excluding hydrogens is 363 g/mol. The summed E-state index contributed by atoms with van der Waals surface area (Å²) in [5.41, 5.74) is 3.19. The standard InChI is InChI=1S/C13H15Si.C5H5.2ClH.Ti/c1-14(9-4-10-14)13-8-7-11-5-2-3-6-12(11)13;1-2-4-5-3-1;;;/h2-3,5-8H,4,9-10H2,1H3;1-3H,4H2;2*1H;/q;;;;+2/p-2. The Morgan fingerprint density at radius 3 is 2.55 bits per heavy atom. The smallest absolute Gasteiger partial charge is 1.00 e. The molecule has 1 unspecified atom stereocenters. The van der Waals surface area contributed by atoms with Crippen molar-refractivity contribution in [2.24, 2.45) is 0 Å². The molecule has 1 aliphatic heterocycles. The van der Waals surface area contributed by atoms with E-state index in [-0.39, 0.29) is 44.0 Å².